The van der Waals surface area contributed by atoms with Gasteiger partial charge in [0, 0.05) is 5.56 Å². The van der Waals surface area contributed by atoms with E-state index < -0.39 is 16.5 Å². The van der Waals surface area contributed by atoms with E-state index in [0.29, 0.717) is 17.0 Å². The number of rotatable bonds is 7. The lowest BCUT2D eigenvalue weighted by atomic mass is 10.1. The number of hydrogen-bond acceptors (Lipinski definition) is 8. The highest BCUT2D eigenvalue weighted by atomic mass is 16.6. The zero-order valence-corrected chi connectivity index (χ0v) is 15.7. The minimum absolute atomic E-state index is 0.0536. The second kappa shape index (κ2) is 8.65. The van der Waals surface area contributed by atoms with Crippen LogP contribution in [0.15, 0.2) is 54.9 Å². The number of amides is 1. The SMILES string of the molecule is COc1ccccc1Nc1ncnc(NNC(=O)c2ccccc2C)c1[N+](=O)[O-]. The first-order valence-corrected chi connectivity index (χ1v) is 8.52. The molecule has 1 aromatic heterocycles. The molecule has 29 heavy (non-hydrogen) atoms. The summed E-state index contributed by atoms with van der Waals surface area (Å²) < 4.78 is 5.24. The number of benzene rings is 2. The molecule has 0 saturated heterocycles. The zero-order chi connectivity index (χ0) is 20.8. The second-order valence-corrected chi connectivity index (χ2v) is 5.90. The van der Waals surface area contributed by atoms with E-state index in [-0.39, 0.29) is 11.6 Å². The van der Waals surface area contributed by atoms with Crippen LogP contribution in [0.3, 0.4) is 0 Å². The Kier molecular flexibility index (Phi) is 5.83. The van der Waals surface area contributed by atoms with Crippen LogP contribution in [0.1, 0.15) is 15.9 Å². The molecule has 10 heteroatoms. The number of carbonyl (C=O) groups excluding carboxylic acids is 1. The summed E-state index contributed by atoms with van der Waals surface area (Å²) in [6.45, 7) is 1.79. The average molecular weight is 394 g/mol. The molecule has 2 aromatic carbocycles. The molecule has 0 bridgehead atoms. The summed E-state index contributed by atoms with van der Waals surface area (Å²) in [6, 6.07) is 13.9. The third-order valence-electron chi connectivity index (χ3n) is 4.05. The van der Waals surface area contributed by atoms with Crippen molar-refractivity contribution < 1.29 is 14.5 Å². The largest absolute Gasteiger partial charge is 0.495 e. The van der Waals surface area contributed by atoms with E-state index in [4.69, 9.17) is 4.74 Å². The standard InChI is InChI=1S/C19H18N6O4/c1-12-7-3-4-8-13(12)19(26)24-23-18-16(25(27)28)17(20-11-21-18)22-14-9-5-6-10-15(14)29-2/h3-11H,1-2H3,(H,24,26)(H2,20,21,22,23). The van der Waals surface area contributed by atoms with Crippen LogP contribution in [0, 0.1) is 17.0 Å². The van der Waals surface area contributed by atoms with Gasteiger partial charge in [-0.15, -0.1) is 0 Å². The van der Waals surface area contributed by atoms with Gasteiger partial charge in [-0.1, -0.05) is 30.3 Å². The van der Waals surface area contributed by atoms with Crippen molar-refractivity contribution in [2.75, 3.05) is 17.9 Å². The van der Waals surface area contributed by atoms with Gasteiger partial charge in [-0.25, -0.2) is 9.97 Å². The van der Waals surface area contributed by atoms with Crippen LogP contribution in [0.4, 0.5) is 23.0 Å². The fourth-order valence-electron chi connectivity index (χ4n) is 2.62. The fourth-order valence-corrected chi connectivity index (χ4v) is 2.62. The number of nitro groups is 1. The molecule has 0 atom stereocenters. The fraction of sp³-hybridized carbons (Fsp3) is 0.105. The topological polar surface area (TPSA) is 131 Å². The monoisotopic (exact) mass is 394 g/mol. The molecule has 0 aliphatic carbocycles. The summed E-state index contributed by atoms with van der Waals surface area (Å²) in [7, 11) is 1.49. The summed E-state index contributed by atoms with van der Waals surface area (Å²) in [5.41, 5.74) is 6.21. The Morgan fingerprint density at radius 1 is 1.07 bits per heavy atom. The molecular weight excluding hydrogens is 376 g/mol. The maximum atomic E-state index is 12.4. The number of anilines is 3. The number of aromatic nitrogens is 2. The molecule has 0 aliphatic rings. The molecule has 0 radical (unpaired) electrons. The van der Waals surface area contributed by atoms with Gasteiger partial charge in [0.15, 0.2) is 0 Å². The highest BCUT2D eigenvalue weighted by Crippen LogP contribution is 2.33. The smallest absolute Gasteiger partial charge is 0.355 e. The van der Waals surface area contributed by atoms with E-state index in [1.165, 1.54) is 7.11 Å². The molecule has 0 spiro atoms. The summed E-state index contributed by atoms with van der Waals surface area (Å²) in [4.78, 5) is 31.2. The van der Waals surface area contributed by atoms with E-state index in [0.717, 1.165) is 11.9 Å². The number of carbonyl (C=O) groups is 1. The minimum Gasteiger partial charge on any atom is -0.495 e. The first-order chi connectivity index (χ1) is 14.0. The minimum atomic E-state index is -0.639. The average Bonchev–Trinajstić information content (AvgIpc) is 2.72. The molecule has 0 aliphatic heterocycles. The number of para-hydroxylation sites is 2. The molecule has 3 aromatic rings. The zero-order valence-electron chi connectivity index (χ0n) is 15.7. The number of aryl methyl sites for hydroxylation is 1. The maximum absolute atomic E-state index is 12.4. The number of ether oxygens (including phenoxy) is 1. The van der Waals surface area contributed by atoms with Crippen molar-refractivity contribution >= 4 is 28.9 Å². The molecule has 3 rings (SSSR count). The predicted octanol–water partition coefficient (Wildman–Crippen LogP) is 3.20. The summed E-state index contributed by atoms with van der Waals surface area (Å²) in [5.74, 6) is -0.176. The Bertz CT molecular complexity index is 1060. The van der Waals surface area contributed by atoms with Gasteiger partial charge in [0.25, 0.3) is 5.91 Å². The van der Waals surface area contributed by atoms with E-state index >= 15 is 0 Å². The first kappa shape index (κ1) is 19.5. The Balaban J connectivity index is 1.86. The Morgan fingerprint density at radius 2 is 1.76 bits per heavy atom. The van der Waals surface area contributed by atoms with E-state index in [2.05, 4.69) is 26.1 Å². The van der Waals surface area contributed by atoms with Crippen molar-refractivity contribution in [2.24, 2.45) is 0 Å². The third kappa shape index (κ3) is 4.38. The van der Waals surface area contributed by atoms with Crippen LogP contribution < -0.4 is 20.9 Å². The second-order valence-electron chi connectivity index (χ2n) is 5.90. The van der Waals surface area contributed by atoms with Gasteiger partial charge in [-0.2, -0.15) is 0 Å². The van der Waals surface area contributed by atoms with Gasteiger partial charge in [0.05, 0.1) is 17.7 Å². The van der Waals surface area contributed by atoms with Gasteiger partial charge < -0.3 is 10.1 Å². The van der Waals surface area contributed by atoms with Gasteiger partial charge in [0.2, 0.25) is 11.6 Å². The van der Waals surface area contributed by atoms with Crippen LogP contribution in [0.2, 0.25) is 0 Å². The van der Waals surface area contributed by atoms with Crippen molar-refractivity contribution in [3.05, 3.63) is 76.1 Å². The van der Waals surface area contributed by atoms with E-state index in [1.54, 1.807) is 49.4 Å². The quantitative estimate of drug-likeness (QED) is 0.411. The molecular formula is C19H18N6O4. The number of nitrogens with zero attached hydrogens (tertiary/aromatic N) is 3. The van der Waals surface area contributed by atoms with Crippen LogP contribution >= 0.6 is 0 Å². The summed E-state index contributed by atoms with van der Waals surface area (Å²) in [5, 5.41) is 14.5. The van der Waals surface area contributed by atoms with Crippen molar-refractivity contribution in [2.45, 2.75) is 6.92 Å². The Labute approximate surface area is 166 Å². The van der Waals surface area contributed by atoms with Gasteiger partial charge >= 0.3 is 5.69 Å². The molecule has 10 nitrogen and oxygen atoms in total. The van der Waals surface area contributed by atoms with Crippen molar-refractivity contribution in [3.8, 4) is 5.75 Å². The normalized spacial score (nSPS) is 10.1. The van der Waals surface area contributed by atoms with Gasteiger partial charge in [-0.3, -0.25) is 25.8 Å². The maximum Gasteiger partial charge on any atom is 0.355 e. The molecule has 3 N–H and O–H groups in total. The van der Waals surface area contributed by atoms with Crippen LogP contribution in [-0.2, 0) is 0 Å². The lowest BCUT2D eigenvalue weighted by Gasteiger charge is -2.13. The number of methoxy groups -OCH3 is 1. The van der Waals surface area contributed by atoms with E-state index in [1.807, 2.05) is 6.07 Å². The number of hydrogen-bond donors (Lipinski definition) is 3. The molecule has 0 unspecified atom stereocenters. The molecule has 0 saturated carbocycles. The molecule has 0 fully saturated rings. The lowest BCUT2D eigenvalue weighted by molar-refractivity contribution is -0.383. The van der Waals surface area contributed by atoms with Crippen molar-refractivity contribution in [1.82, 2.24) is 15.4 Å². The van der Waals surface area contributed by atoms with Gasteiger partial charge in [-0.05, 0) is 30.7 Å². The Morgan fingerprint density at radius 3 is 2.48 bits per heavy atom. The predicted molar refractivity (Wildman–Crippen MR) is 107 cm³/mol. The first-order valence-electron chi connectivity index (χ1n) is 8.52. The van der Waals surface area contributed by atoms with Crippen LogP contribution in [0.25, 0.3) is 0 Å². The highest BCUT2D eigenvalue weighted by Gasteiger charge is 2.24. The highest BCUT2D eigenvalue weighted by molar-refractivity contribution is 5.96. The summed E-state index contributed by atoms with van der Waals surface area (Å²) in [6.07, 6.45) is 1.15. The van der Waals surface area contributed by atoms with Crippen LogP contribution in [-0.4, -0.2) is 27.9 Å². The molecule has 148 valence electrons. The lowest BCUT2D eigenvalue weighted by Crippen LogP contribution is -2.30. The van der Waals surface area contributed by atoms with Crippen LogP contribution in [0.5, 0.6) is 5.75 Å². The summed E-state index contributed by atoms with van der Waals surface area (Å²) >= 11 is 0. The van der Waals surface area contributed by atoms with Crippen molar-refractivity contribution in [1.29, 1.82) is 0 Å². The van der Waals surface area contributed by atoms with Gasteiger partial charge in [0.1, 0.15) is 12.1 Å². The van der Waals surface area contributed by atoms with Crippen molar-refractivity contribution in [3.63, 3.8) is 0 Å². The molecule has 1 amide bonds. The number of nitrogens with one attached hydrogen (secondary N) is 3. The number of hydrazine groups is 1. The van der Waals surface area contributed by atoms with E-state index in [9.17, 15) is 14.9 Å². The Hall–Kier alpha value is -4.21. The third-order valence-corrected chi connectivity index (χ3v) is 4.05. The molecule has 1 heterocycles.